The highest BCUT2D eigenvalue weighted by Gasteiger charge is 2.38. The van der Waals surface area contributed by atoms with Crippen LogP contribution in [0, 0.1) is 5.92 Å². The predicted molar refractivity (Wildman–Crippen MR) is 101 cm³/mol. The molecule has 2 aliphatic rings. The van der Waals surface area contributed by atoms with Crippen LogP contribution >= 0.6 is 56.7 Å². The van der Waals surface area contributed by atoms with Gasteiger partial charge in [-0.05, 0) is 52.4 Å². The Morgan fingerprint density at radius 2 is 1.76 bits per heavy atom. The maximum atomic E-state index is 6.31. The molecule has 0 bridgehead atoms. The lowest BCUT2D eigenvalue weighted by Crippen LogP contribution is -2.45. The number of hydrogen-bond donors (Lipinski definition) is 2. The van der Waals surface area contributed by atoms with Gasteiger partial charge in [-0.1, -0.05) is 15.9 Å². The van der Waals surface area contributed by atoms with Crippen LogP contribution in [-0.2, 0) is 0 Å². The topological polar surface area (TPSA) is 41.3 Å². The van der Waals surface area contributed by atoms with Gasteiger partial charge in [0.1, 0.15) is 0 Å². The van der Waals surface area contributed by atoms with E-state index in [4.69, 9.17) is 5.73 Å². The van der Waals surface area contributed by atoms with Crippen LogP contribution in [-0.4, -0.2) is 31.1 Å². The van der Waals surface area contributed by atoms with Gasteiger partial charge in [-0.15, -0.1) is 24.8 Å². The molecule has 0 spiro atoms. The van der Waals surface area contributed by atoms with E-state index in [0.717, 1.165) is 46.7 Å². The van der Waals surface area contributed by atoms with Crippen LogP contribution in [0.1, 0.15) is 24.4 Å². The summed E-state index contributed by atoms with van der Waals surface area (Å²) in [7, 11) is 0. The number of nitrogens with zero attached hydrogens (tertiary/aromatic N) is 1. The van der Waals surface area contributed by atoms with Gasteiger partial charge in [0.25, 0.3) is 0 Å². The van der Waals surface area contributed by atoms with E-state index in [1.807, 2.05) is 6.07 Å². The molecule has 3 nitrogen and oxygen atoms in total. The van der Waals surface area contributed by atoms with Crippen molar-refractivity contribution >= 4 is 62.4 Å². The summed E-state index contributed by atoms with van der Waals surface area (Å²) < 4.78 is 2.10. The molecule has 0 unspecified atom stereocenters. The second kappa shape index (κ2) is 8.37. The first-order chi connectivity index (χ1) is 9.16. The Bertz CT molecular complexity index is 478. The van der Waals surface area contributed by atoms with Crippen molar-refractivity contribution in [2.24, 2.45) is 5.92 Å². The molecule has 1 aliphatic heterocycles. The van der Waals surface area contributed by atoms with Crippen molar-refractivity contribution in [2.75, 3.05) is 31.9 Å². The minimum Gasteiger partial charge on any atom is -0.398 e. The molecule has 1 saturated heterocycles. The molecule has 2 fully saturated rings. The van der Waals surface area contributed by atoms with Gasteiger partial charge in [-0.25, -0.2) is 0 Å². The van der Waals surface area contributed by atoms with Gasteiger partial charge in [0.2, 0.25) is 0 Å². The molecular formula is C14H21Br2Cl2N3. The third kappa shape index (κ3) is 4.49. The van der Waals surface area contributed by atoms with E-state index in [9.17, 15) is 0 Å². The number of nitrogens with two attached hydrogens (primary N) is 1. The molecule has 1 saturated carbocycles. The zero-order valence-corrected chi connectivity index (χ0v) is 16.5. The summed E-state index contributed by atoms with van der Waals surface area (Å²) in [5.41, 5.74) is 8.50. The van der Waals surface area contributed by atoms with Crippen molar-refractivity contribution < 1.29 is 0 Å². The average molecular weight is 462 g/mol. The Labute approximate surface area is 155 Å². The Morgan fingerprint density at radius 1 is 1.14 bits per heavy atom. The summed E-state index contributed by atoms with van der Waals surface area (Å²) in [6, 6.07) is 4.71. The number of nitrogens with one attached hydrogen (secondary N) is 1. The van der Waals surface area contributed by atoms with Crippen LogP contribution in [0.15, 0.2) is 21.1 Å². The molecule has 1 atom stereocenters. The summed E-state index contributed by atoms with van der Waals surface area (Å²) in [4.78, 5) is 2.60. The molecule has 120 valence electrons. The van der Waals surface area contributed by atoms with E-state index in [1.165, 1.54) is 18.4 Å². The molecule has 1 heterocycles. The molecule has 0 radical (unpaired) electrons. The van der Waals surface area contributed by atoms with Gasteiger partial charge in [-0.3, -0.25) is 4.90 Å². The fourth-order valence-electron chi connectivity index (χ4n) is 2.97. The number of piperazine rings is 1. The minimum absolute atomic E-state index is 0. The maximum Gasteiger partial charge on any atom is 0.0507 e. The lowest BCUT2D eigenvalue weighted by atomic mass is 9.98. The molecule has 1 aromatic carbocycles. The van der Waals surface area contributed by atoms with Crippen molar-refractivity contribution in [3.8, 4) is 0 Å². The first-order valence-electron chi connectivity index (χ1n) is 6.86. The normalized spacial score (nSPS) is 20.3. The van der Waals surface area contributed by atoms with Gasteiger partial charge in [0.15, 0.2) is 0 Å². The zero-order chi connectivity index (χ0) is 13.4. The second-order valence-corrected chi connectivity index (χ2v) is 7.23. The molecule has 3 N–H and O–H groups in total. The Balaban J connectivity index is 0.00000110. The lowest BCUT2D eigenvalue weighted by Gasteiger charge is -2.36. The van der Waals surface area contributed by atoms with Gasteiger partial charge < -0.3 is 11.1 Å². The number of rotatable bonds is 3. The third-order valence-corrected chi connectivity index (χ3v) is 5.17. The lowest BCUT2D eigenvalue weighted by molar-refractivity contribution is 0.156. The van der Waals surface area contributed by atoms with Crippen LogP contribution in [0.3, 0.4) is 0 Å². The molecule has 3 rings (SSSR count). The van der Waals surface area contributed by atoms with Gasteiger partial charge in [-0.2, -0.15) is 0 Å². The van der Waals surface area contributed by atoms with Crippen molar-refractivity contribution in [1.29, 1.82) is 0 Å². The van der Waals surface area contributed by atoms with Crippen molar-refractivity contribution in [3.63, 3.8) is 0 Å². The molecule has 7 heteroatoms. The molecule has 21 heavy (non-hydrogen) atoms. The highest BCUT2D eigenvalue weighted by Crippen LogP contribution is 2.47. The number of nitrogen functional groups attached to an aromatic ring is 1. The first-order valence-corrected chi connectivity index (χ1v) is 8.44. The molecular weight excluding hydrogens is 441 g/mol. The highest BCUT2D eigenvalue weighted by molar-refractivity contribution is 9.11. The predicted octanol–water partition coefficient (Wildman–Crippen LogP) is 3.99. The van der Waals surface area contributed by atoms with Crippen LogP contribution in [0.2, 0.25) is 0 Å². The summed E-state index contributed by atoms with van der Waals surface area (Å²) in [6.07, 6.45) is 2.66. The zero-order valence-electron chi connectivity index (χ0n) is 11.6. The number of anilines is 1. The third-order valence-electron chi connectivity index (χ3n) is 4.06. The Kier molecular flexibility index (Phi) is 7.78. The van der Waals surface area contributed by atoms with Crippen molar-refractivity contribution in [1.82, 2.24) is 10.2 Å². The maximum absolute atomic E-state index is 6.31. The summed E-state index contributed by atoms with van der Waals surface area (Å²) >= 11 is 7.17. The Hall–Kier alpha value is 0.480. The fraction of sp³-hybridized carbons (Fsp3) is 0.571. The van der Waals surface area contributed by atoms with Crippen LogP contribution < -0.4 is 11.1 Å². The monoisotopic (exact) mass is 459 g/mol. The minimum atomic E-state index is 0. The molecule has 0 aromatic heterocycles. The average Bonchev–Trinajstić information content (AvgIpc) is 3.21. The van der Waals surface area contributed by atoms with Gasteiger partial charge in [0.05, 0.1) is 5.69 Å². The Morgan fingerprint density at radius 3 is 2.33 bits per heavy atom. The van der Waals surface area contributed by atoms with E-state index >= 15 is 0 Å². The van der Waals surface area contributed by atoms with Crippen molar-refractivity contribution in [2.45, 2.75) is 18.9 Å². The largest absolute Gasteiger partial charge is 0.398 e. The number of hydrogen-bond acceptors (Lipinski definition) is 3. The first kappa shape index (κ1) is 19.5. The van der Waals surface area contributed by atoms with E-state index in [1.54, 1.807) is 0 Å². The van der Waals surface area contributed by atoms with E-state index in [2.05, 4.69) is 48.1 Å². The fourth-order valence-corrected chi connectivity index (χ4v) is 4.23. The molecule has 1 aliphatic carbocycles. The van der Waals surface area contributed by atoms with Gasteiger partial charge >= 0.3 is 0 Å². The van der Waals surface area contributed by atoms with Crippen molar-refractivity contribution in [3.05, 3.63) is 26.6 Å². The second-order valence-electron chi connectivity index (χ2n) is 5.46. The summed E-state index contributed by atoms with van der Waals surface area (Å²) in [6.45, 7) is 4.39. The van der Waals surface area contributed by atoms with Crippen LogP contribution in [0.25, 0.3) is 0 Å². The summed E-state index contributed by atoms with van der Waals surface area (Å²) in [5, 5.41) is 3.43. The van der Waals surface area contributed by atoms with E-state index in [0.29, 0.717) is 6.04 Å². The van der Waals surface area contributed by atoms with E-state index in [-0.39, 0.29) is 24.8 Å². The van der Waals surface area contributed by atoms with Crippen LogP contribution in [0.5, 0.6) is 0 Å². The smallest absolute Gasteiger partial charge is 0.0507 e. The van der Waals surface area contributed by atoms with Gasteiger partial charge in [0, 0.05) is 41.2 Å². The number of benzene rings is 1. The molecule has 1 aromatic rings. The van der Waals surface area contributed by atoms with Crippen LogP contribution in [0.4, 0.5) is 5.69 Å². The number of halogens is 4. The molecule has 0 amide bonds. The van der Waals surface area contributed by atoms with E-state index < -0.39 is 0 Å². The highest BCUT2D eigenvalue weighted by atomic mass is 79.9. The SMILES string of the molecule is Cl.Cl.Nc1c(Br)cc(Br)cc1[C@@H](C1CC1)N1CCNCC1. The standard InChI is InChI=1S/C14H19Br2N3.2ClH/c15-10-7-11(13(17)12(16)8-10)14(9-1-2-9)19-5-3-18-4-6-19;;/h7-9,14,18H,1-6,17H2;2*1H/t14-;;/m1../s1. The summed E-state index contributed by atoms with van der Waals surface area (Å²) in [5.74, 6) is 0.779. The quantitative estimate of drug-likeness (QED) is 0.668.